The van der Waals surface area contributed by atoms with Crippen molar-refractivity contribution >= 4 is 17.9 Å². The van der Waals surface area contributed by atoms with E-state index in [1.165, 1.54) is 11.1 Å². The fourth-order valence-electron chi connectivity index (χ4n) is 3.85. The summed E-state index contributed by atoms with van der Waals surface area (Å²) < 4.78 is 5.92. The van der Waals surface area contributed by atoms with Crippen LogP contribution in [0.3, 0.4) is 0 Å². The third kappa shape index (κ3) is 4.32. The van der Waals surface area contributed by atoms with Crippen molar-refractivity contribution in [3.05, 3.63) is 81.9 Å². The molecular formula is C25H27NO2. The molecule has 0 aliphatic carbocycles. The van der Waals surface area contributed by atoms with E-state index in [-0.39, 0.29) is 12.0 Å². The van der Waals surface area contributed by atoms with Gasteiger partial charge in [-0.3, -0.25) is 9.69 Å². The number of likely N-dealkylation sites (tertiary alicyclic amines) is 1. The Morgan fingerprint density at radius 3 is 1.79 bits per heavy atom. The summed E-state index contributed by atoms with van der Waals surface area (Å²) in [6.07, 6.45) is 6.29. The SMILES string of the molecule is Cc1ccc(C=C2CN(C3CCCO3)CC(=Cc3ccc(C)cc3)C2=O)cc1. The van der Waals surface area contributed by atoms with Crippen LogP contribution in [-0.4, -0.2) is 36.6 Å². The lowest BCUT2D eigenvalue weighted by Crippen LogP contribution is -2.43. The molecule has 0 saturated carbocycles. The van der Waals surface area contributed by atoms with Crippen LogP contribution in [0.15, 0.2) is 59.7 Å². The van der Waals surface area contributed by atoms with E-state index in [0.717, 1.165) is 41.7 Å². The Kier molecular flexibility index (Phi) is 5.56. The number of piperidine rings is 1. The van der Waals surface area contributed by atoms with Gasteiger partial charge in [0, 0.05) is 30.8 Å². The second kappa shape index (κ2) is 8.26. The third-order valence-corrected chi connectivity index (χ3v) is 5.48. The molecule has 0 N–H and O–H groups in total. The molecule has 0 amide bonds. The minimum Gasteiger partial charge on any atom is -0.363 e. The molecule has 2 saturated heterocycles. The number of hydrogen-bond acceptors (Lipinski definition) is 3. The van der Waals surface area contributed by atoms with E-state index in [1.807, 2.05) is 12.2 Å². The van der Waals surface area contributed by atoms with Crippen molar-refractivity contribution in [2.45, 2.75) is 32.9 Å². The first-order chi connectivity index (χ1) is 13.6. The maximum absolute atomic E-state index is 13.2. The minimum absolute atomic E-state index is 0.107. The van der Waals surface area contributed by atoms with E-state index in [4.69, 9.17) is 4.74 Å². The van der Waals surface area contributed by atoms with Crippen LogP contribution < -0.4 is 0 Å². The molecule has 0 bridgehead atoms. The fourth-order valence-corrected chi connectivity index (χ4v) is 3.85. The smallest absolute Gasteiger partial charge is 0.187 e. The van der Waals surface area contributed by atoms with Gasteiger partial charge in [0.25, 0.3) is 0 Å². The molecule has 0 radical (unpaired) electrons. The van der Waals surface area contributed by atoms with Gasteiger partial charge in [0.15, 0.2) is 5.78 Å². The molecule has 3 heteroatoms. The zero-order chi connectivity index (χ0) is 19.5. The van der Waals surface area contributed by atoms with Crippen molar-refractivity contribution in [2.24, 2.45) is 0 Å². The number of benzene rings is 2. The van der Waals surface area contributed by atoms with E-state index in [2.05, 4.69) is 67.3 Å². The van der Waals surface area contributed by atoms with Gasteiger partial charge in [-0.2, -0.15) is 0 Å². The maximum atomic E-state index is 13.2. The minimum atomic E-state index is 0.107. The second-order valence-electron chi connectivity index (χ2n) is 7.86. The lowest BCUT2D eigenvalue weighted by molar-refractivity contribution is -0.114. The van der Waals surface area contributed by atoms with Crippen molar-refractivity contribution in [1.82, 2.24) is 4.90 Å². The van der Waals surface area contributed by atoms with Gasteiger partial charge < -0.3 is 4.74 Å². The van der Waals surface area contributed by atoms with Crippen molar-refractivity contribution in [3.63, 3.8) is 0 Å². The van der Waals surface area contributed by atoms with Crippen LogP contribution in [0.25, 0.3) is 12.2 Å². The van der Waals surface area contributed by atoms with E-state index >= 15 is 0 Å². The van der Waals surface area contributed by atoms with Gasteiger partial charge in [-0.15, -0.1) is 0 Å². The van der Waals surface area contributed by atoms with Gasteiger partial charge in [-0.1, -0.05) is 59.7 Å². The highest BCUT2D eigenvalue weighted by atomic mass is 16.5. The van der Waals surface area contributed by atoms with Gasteiger partial charge in [0.2, 0.25) is 0 Å². The molecule has 144 valence electrons. The number of rotatable bonds is 3. The Balaban J connectivity index is 1.67. The highest BCUT2D eigenvalue weighted by molar-refractivity contribution is 6.14. The number of ether oxygens (including phenoxy) is 1. The van der Waals surface area contributed by atoms with E-state index in [0.29, 0.717) is 13.1 Å². The first kappa shape index (κ1) is 18.9. The summed E-state index contributed by atoms with van der Waals surface area (Å²) in [5, 5.41) is 0. The first-order valence-electron chi connectivity index (χ1n) is 10.0. The Bertz CT molecular complexity index is 833. The predicted molar refractivity (Wildman–Crippen MR) is 114 cm³/mol. The van der Waals surface area contributed by atoms with Crippen LogP contribution in [0.4, 0.5) is 0 Å². The Labute approximate surface area is 167 Å². The lowest BCUT2D eigenvalue weighted by Gasteiger charge is -2.33. The van der Waals surface area contributed by atoms with Gasteiger partial charge in [-0.05, 0) is 50.0 Å². The summed E-state index contributed by atoms with van der Waals surface area (Å²) in [7, 11) is 0. The summed E-state index contributed by atoms with van der Waals surface area (Å²) in [6.45, 7) is 6.24. The molecule has 2 aromatic carbocycles. The van der Waals surface area contributed by atoms with Crippen LogP contribution >= 0.6 is 0 Å². The summed E-state index contributed by atoms with van der Waals surface area (Å²) in [5.74, 6) is 0.149. The lowest BCUT2D eigenvalue weighted by atomic mass is 9.93. The largest absolute Gasteiger partial charge is 0.363 e. The first-order valence-corrected chi connectivity index (χ1v) is 10.0. The summed E-state index contributed by atoms with van der Waals surface area (Å²) in [4.78, 5) is 15.5. The number of carbonyl (C=O) groups excluding carboxylic acids is 1. The molecule has 0 spiro atoms. The highest BCUT2D eigenvalue weighted by Crippen LogP contribution is 2.27. The number of aryl methyl sites for hydroxylation is 2. The highest BCUT2D eigenvalue weighted by Gasteiger charge is 2.32. The van der Waals surface area contributed by atoms with Crippen LogP contribution in [0.2, 0.25) is 0 Å². The monoisotopic (exact) mass is 373 g/mol. The maximum Gasteiger partial charge on any atom is 0.187 e. The average Bonchev–Trinajstić information content (AvgIpc) is 3.23. The molecule has 28 heavy (non-hydrogen) atoms. The summed E-state index contributed by atoms with van der Waals surface area (Å²) >= 11 is 0. The van der Waals surface area contributed by atoms with Crippen LogP contribution in [0.1, 0.15) is 35.1 Å². The quantitative estimate of drug-likeness (QED) is 0.725. The van der Waals surface area contributed by atoms with Crippen molar-refractivity contribution in [2.75, 3.05) is 19.7 Å². The standard InChI is InChI=1S/C25H27NO2/c1-18-5-9-20(10-6-18)14-22-16-26(24-4-3-13-28-24)17-23(25(22)27)15-21-11-7-19(2)8-12-21/h5-12,14-15,24H,3-4,13,16-17H2,1-2H3. The van der Waals surface area contributed by atoms with Crippen LogP contribution in [0, 0.1) is 13.8 Å². The zero-order valence-electron chi connectivity index (χ0n) is 16.7. The molecule has 0 aromatic heterocycles. The fraction of sp³-hybridized carbons (Fsp3) is 0.320. The number of Topliss-reactive ketones (excluding diaryl/α,β-unsaturated/α-hetero) is 1. The summed E-state index contributed by atoms with van der Waals surface area (Å²) in [6, 6.07) is 16.6. The predicted octanol–water partition coefficient (Wildman–Crippen LogP) is 4.79. The average molecular weight is 373 g/mol. The molecule has 1 unspecified atom stereocenters. The van der Waals surface area contributed by atoms with Crippen molar-refractivity contribution in [1.29, 1.82) is 0 Å². The molecular weight excluding hydrogens is 346 g/mol. The van der Waals surface area contributed by atoms with Gasteiger partial charge in [-0.25, -0.2) is 0 Å². The normalized spacial score (nSPS) is 23.6. The van der Waals surface area contributed by atoms with E-state index in [1.54, 1.807) is 0 Å². The number of hydrogen-bond donors (Lipinski definition) is 0. The summed E-state index contributed by atoms with van der Waals surface area (Å²) in [5.41, 5.74) is 6.25. The number of nitrogens with zero attached hydrogens (tertiary/aromatic N) is 1. The molecule has 4 rings (SSSR count). The number of ketones is 1. The molecule has 2 aliphatic rings. The third-order valence-electron chi connectivity index (χ3n) is 5.48. The zero-order valence-corrected chi connectivity index (χ0v) is 16.7. The van der Waals surface area contributed by atoms with Crippen LogP contribution in [0.5, 0.6) is 0 Å². The van der Waals surface area contributed by atoms with E-state index < -0.39 is 0 Å². The molecule has 2 aromatic rings. The molecule has 2 fully saturated rings. The Morgan fingerprint density at radius 2 is 1.36 bits per heavy atom. The van der Waals surface area contributed by atoms with Crippen LogP contribution in [-0.2, 0) is 9.53 Å². The second-order valence-corrected chi connectivity index (χ2v) is 7.86. The Hall–Kier alpha value is -2.49. The van der Waals surface area contributed by atoms with Crippen molar-refractivity contribution in [3.8, 4) is 0 Å². The molecule has 2 heterocycles. The number of carbonyl (C=O) groups is 1. The van der Waals surface area contributed by atoms with Gasteiger partial charge in [0.1, 0.15) is 6.23 Å². The topological polar surface area (TPSA) is 29.5 Å². The molecule has 1 atom stereocenters. The Morgan fingerprint density at radius 1 is 0.857 bits per heavy atom. The molecule has 2 aliphatic heterocycles. The van der Waals surface area contributed by atoms with Gasteiger partial charge in [0.05, 0.1) is 0 Å². The molecule has 3 nitrogen and oxygen atoms in total. The van der Waals surface area contributed by atoms with Gasteiger partial charge >= 0.3 is 0 Å². The van der Waals surface area contributed by atoms with Crippen molar-refractivity contribution < 1.29 is 9.53 Å². The van der Waals surface area contributed by atoms with E-state index in [9.17, 15) is 4.79 Å².